The largest absolute Gasteiger partial charge is 0.340 e. The standard InChI is InChI=1S/C21H28N6O2/c1-24(2)16-6-10-26(11-7-16)21(29)19-18-17(23-14-25(18)3)8-12-27(19)20(28)15-5-4-9-22-13-15/h4-5,9,13-14,16,19H,6-8,10-12H2,1-3H3. The second kappa shape index (κ2) is 7.94. The first kappa shape index (κ1) is 19.6. The van der Waals surface area contributed by atoms with Gasteiger partial charge in [-0.3, -0.25) is 14.6 Å². The van der Waals surface area contributed by atoms with Crippen LogP contribution in [0.5, 0.6) is 0 Å². The van der Waals surface area contributed by atoms with Gasteiger partial charge in [-0.15, -0.1) is 0 Å². The molecule has 0 aliphatic carbocycles. The Hall–Kier alpha value is -2.74. The normalized spacial score (nSPS) is 20.1. The van der Waals surface area contributed by atoms with Crippen molar-refractivity contribution in [3.05, 3.63) is 47.8 Å². The summed E-state index contributed by atoms with van der Waals surface area (Å²) in [5, 5.41) is 0. The maximum absolute atomic E-state index is 13.7. The summed E-state index contributed by atoms with van der Waals surface area (Å²) in [7, 11) is 6.06. The molecule has 0 spiro atoms. The van der Waals surface area contributed by atoms with Crippen LogP contribution in [0.25, 0.3) is 0 Å². The molecule has 154 valence electrons. The number of hydrogen-bond donors (Lipinski definition) is 0. The van der Waals surface area contributed by atoms with E-state index in [2.05, 4.69) is 29.0 Å². The van der Waals surface area contributed by atoms with Gasteiger partial charge in [0, 0.05) is 51.5 Å². The molecule has 2 aromatic rings. The van der Waals surface area contributed by atoms with Crippen LogP contribution >= 0.6 is 0 Å². The van der Waals surface area contributed by atoms with Crippen LogP contribution in [0.2, 0.25) is 0 Å². The summed E-state index contributed by atoms with van der Waals surface area (Å²) in [4.78, 5) is 41.3. The summed E-state index contributed by atoms with van der Waals surface area (Å²) in [5.41, 5.74) is 2.24. The zero-order valence-corrected chi connectivity index (χ0v) is 17.3. The van der Waals surface area contributed by atoms with Crippen molar-refractivity contribution in [2.75, 3.05) is 33.7 Å². The summed E-state index contributed by atoms with van der Waals surface area (Å²) in [6, 6.07) is 3.34. The number of fused-ring (bicyclic) bond motifs is 1. The molecule has 0 radical (unpaired) electrons. The molecule has 8 heteroatoms. The Morgan fingerprint density at radius 2 is 1.93 bits per heavy atom. The first-order chi connectivity index (χ1) is 14.0. The Morgan fingerprint density at radius 3 is 2.59 bits per heavy atom. The van der Waals surface area contributed by atoms with Crippen molar-refractivity contribution in [3.8, 4) is 0 Å². The fraction of sp³-hybridized carbons (Fsp3) is 0.524. The van der Waals surface area contributed by atoms with Crippen LogP contribution < -0.4 is 0 Å². The minimum absolute atomic E-state index is 0.0102. The average molecular weight is 396 g/mol. The van der Waals surface area contributed by atoms with Gasteiger partial charge in [-0.2, -0.15) is 0 Å². The van der Waals surface area contributed by atoms with Gasteiger partial charge in [-0.1, -0.05) is 0 Å². The third-order valence-corrected chi connectivity index (χ3v) is 6.13. The van der Waals surface area contributed by atoms with Crippen molar-refractivity contribution in [2.24, 2.45) is 7.05 Å². The molecule has 0 N–H and O–H groups in total. The molecule has 4 heterocycles. The molecule has 2 aliphatic heterocycles. The Morgan fingerprint density at radius 1 is 1.17 bits per heavy atom. The van der Waals surface area contributed by atoms with E-state index in [4.69, 9.17) is 0 Å². The molecule has 0 saturated carbocycles. The Balaban J connectivity index is 1.64. The highest BCUT2D eigenvalue weighted by atomic mass is 16.2. The molecule has 0 bridgehead atoms. The lowest BCUT2D eigenvalue weighted by Crippen LogP contribution is -2.52. The van der Waals surface area contributed by atoms with E-state index in [9.17, 15) is 9.59 Å². The monoisotopic (exact) mass is 396 g/mol. The van der Waals surface area contributed by atoms with Crippen LogP contribution in [0.3, 0.4) is 0 Å². The number of aryl methyl sites for hydroxylation is 1. The predicted molar refractivity (Wildman–Crippen MR) is 108 cm³/mol. The topological polar surface area (TPSA) is 74.6 Å². The van der Waals surface area contributed by atoms with E-state index in [-0.39, 0.29) is 11.8 Å². The number of carbonyl (C=O) groups excluding carboxylic acids is 2. The van der Waals surface area contributed by atoms with Crippen molar-refractivity contribution in [3.63, 3.8) is 0 Å². The van der Waals surface area contributed by atoms with E-state index in [1.54, 1.807) is 35.8 Å². The SMILES string of the molecule is CN(C)C1CCN(C(=O)C2c3c(ncn3C)CCN2C(=O)c2cccnc2)CC1. The Labute approximate surface area is 171 Å². The predicted octanol–water partition coefficient (Wildman–Crippen LogP) is 1.11. The second-order valence-corrected chi connectivity index (χ2v) is 8.10. The van der Waals surface area contributed by atoms with Crippen molar-refractivity contribution in [1.82, 2.24) is 29.2 Å². The fourth-order valence-corrected chi connectivity index (χ4v) is 4.43. The number of piperidine rings is 1. The van der Waals surface area contributed by atoms with Gasteiger partial charge in [0.15, 0.2) is 6.04 Å². The summed E-state index contributed by atoms with van der Waals surface area (Å²) in [6.45, 7) is 1.89. The number of aromatic nitrogens is 3. The number of carbonyl (C=O) groups is 2. The number of likely N-dealkylation sites (tertiary alicyclic amines) is 1. The zero-order chi connectivity index (χ0) is 20.5. The molecule has 1 atom stereocenters. The molecule has 1 saturated heterocycles. The quantitative estimate of drug-likeness (QED) is 0.777. The number of hydrogen-bond acceptors (Lipinski definition) is 5. The first-order valence-electron chi connectivity index (χ1n) is 10.1. The van der Waals surface area contributed by atoms with Crippen molar-refractivity contribution in [1.29, 1.82) is 0 Å². The highest BCUT2D eigenvalue weighted by Gasteiger charge is 2.41. The first-order valence-corrected chi connectivity index (χ1v) is 10.1. The van der Waals surface area contributed by atoms with Crippen LogP contribution in [0.15, 0.2) is 30.9 Å². The van der Waals surface area contributed by atoms with E-state index < -0.39 is 6.04 Å². The minimum Gasteiger partial charge on any atom is -0.340 e. The number of nitrogens with zero attached hydrogens (tertiary/aromatic N) is 6. The average Bonchev–Trinajstić information content (AvgIpc) is 3.13. The van der Waals surface area contributed by atoms with E-state index in [0.717, 1.165) is 24.2 Å². The van der Waals surface area contributed by atoms with E-state index >= 15 is 0 Å². The second-order valence-electron chi connectivity index (χ2n) is 8.10. The van der Waals surface area contributed by atoms with Gasteiger partial charge in [0.25, 0.3) is 11.8 Å². The molecule has 8 nitrogen and oxygen atoms in total. The van der Waals surface area contributed by atoms with Gasteiger partial charge >= 0.3 is 0 Å². The lowest BCUT2D eigenvalue weighted by Gasteiger charge is -2.41. The zero-order valence-electron chi connectivity index (χ0n) is 17.3. The Kier molecular flexibility index (Phi) is 5.36. The molecule has 2 aliphatic rings. The minimum atomic E-state index is -0.644. The van der Waals surface area contributed by atoms with Crippen molar-refractivity contribution >= 4 is 11.8 Å². The molecule has 2 amide bonds. The molecular weight excluding hydrogens is 368 g/mol. The van der Waals surface area contributed by atoms with Gasteiger partial charge in [0.1, 0.15) is 0 Å². The number of imidazole rings is 1. The van der Waals surface area contributed by atoms with Gasteiger partial charge in [0.2, 0.25) is 0 Å². The fourth-order valence-electron chi connectivity index (χ4n) is 4.43. The maximum atomic E-state index is 13.7. The smallest absolute Gasteiger partial charge is 0.256 e. The van der Waals surface area contributed by atoms with Gasteiger partial charge in [-0.05, 0) is 39.1 Å². The van der Waals surface area contributed by atoms with Gasteiger partial charge in [0.05, 0.1) is 23.3 Å². The third-order valence-electron chi connectivity index (χ3n) is 6.13. The molecule has 2 aromatic heterocycles. The molecule has 4 rings (SSSR count). The maximum Gasteiger partial charge on any atom is 0.256 e. The molecular formula is C21H28N6O2. The van der Waals surface area contributed by atoms with Crippen LogP contribution in [0.1, 0.15) is 40.6 Å². The lowest BCUT2D eigenvalue weighted by molar-refractivity contribution is -0.138. The van der Waals surface area contributed by atoms with E-state index in [1.807, 2.05) is 16.5 Å². The summed E-state index contributed by atoms with van der Waals surface area (Å²) in [6.07, 6.45) is 7.48. The number of pyridine rings is 1. The highest BCUT2D eigenvalue weighted by molar-refractivity contribution is 5.98. The summed E-state index contributed by atoms with van der Waals surface area (Å²) in [5.74, 6) is -0.171. The highest BCUT2D eigenvalue weighted by Crippen LogP contribution is 2.32. The third kappa shape index (κ3) is 3.64. The van der Waals surface area contributed by atoms with Crippen LogP contribution in [-0.4, -0.2) is 80.8 Å². The van der Waals surface area contributed by atoms with Crippen molar-refractivity contribution in [2.45, 2.75) is 31.3 Å². The van der Waals surface area contributed by atoms with Crippen LogP contribution in [0, 0.1) is 0 Å². The number of rotatable bonds is 3. The van der Waals surface area contributed by atoms with Gasteiger partial charge < -0.3 is 19.3 Å². The molecule has 1 fully saturated rings. The molecule has 0 aromatic carbocycles. The van der Waals surface area contributed by atoms with E-state index in [1.165, 1.54) is 0 Å². The van der Waals surface area contributed by atoms with Gasteiger partial charge in [-0.25, -0.2) is 4.98 Å². The summed E-state index contributed by atoms with van der Waals surface area (Å²) >= 11 is 0. The van der Waals surface area contributed by atoms with Crippen molar-refractivity contribution < 1.29 is 9.59 Å². The summed E-state index contributed by atoms with van der Waals surface area (Å²) < 4.78 is 1.88. The van der Waals surface area contributed by atoms with Crippen LogP contribution in [0.4, 0.5) is 0 Å². The lowest BCUT2D eigenvalue weighted by atomic mass is 9.97. The molecule has 1 unspecified atom stereocenters. The van der Waals surface area contributed by atoms with Crippen LogP contribution in [-0.2, 0) is 18.3 Å². The Bertz CT molecular complexity index is 886. The van der Waals surface area contributed by atoms with E-state index in [0.29, 0.717) is 37.7 Å². The number of amides is 2. The molecule has 29 heavy (non-hydrogen) atoms.